The molecule has 0 saturated heterocycles. The number of fused-ring (bicyclic) bond motifs is 1. The second kappa shape index (κ2) is 7.08. The van der Waals surface area contributed by atoms with E-state index >= 15 is 0 Å². The molecule has 5 heteroatoms. The molecule has 1 amide bonds. The van der Waals surface area contributed by atoms with Gasteiger partial charge in [-0.3, -0.25) is 4.79 Å². The number of carbonyl (C=O) groups is 1. The van der Waals surface area contributed by atoms with Crippen molar-refractivity contribution in [1.29, 1.82) is 0 Å². The summed E-state index contributed by atoms with van der Waals surface area (Å²) in [6.07, 6.45) is 0.861. The molecular formula is C23H24N4O. The lowest BCUT2D eigenvalue weighted by molar-refractivity contribution is 0.0976. The zero-order valence-electron chi connectivity index (χ0n) is 16.7. The van der Waals surface area contributed by atoms with Crippen LogP contribution >= 0.6 is 0 Å². The lowest BCUT2D eigenvalue weighted by Gasteiger charge is -2.22. The molecule has 2 heterocycles. The van der Waals surface area contributed by atoms with Gasteiger partial charge in [-0.15, -0.1) is 0 Å². The van der Waals surface area contributed by atoms with Gasteiger partial charge in [0, 0.05) is 23.1 Å². The Bertz CT molecular complexity index is 1060. The van der Waals surface area contributed by atoms with E-state index < -0.39 is 0 Å². The molecule has 0 saturated carbocycles. The normalized spacial score (nSPS) is 15.4. The Morgan fingerprint density at radius 1 is 1.07 bits per heavy atom. The number of benzene rings is 2. The maximum Gasteiger partial charge on any atom is 0.277 e. The van der Waals surface area contributed by atoms with Crippen molar-refractivity contribution >= 4 is 23.2 Å². The monoisotopic (exact) mass is 372 g/mol. The number of nitrogens with zero attached hydrogens (tertiary/aromatic N) is 3. The molecular weight excluding hydrogens is 348 g/mol. The highest BCUT2D eigenvalue weighted by Crippen LogP contribution is 2.33. The molecule has 1 aliphatic heterocycles. The quantitative estimate of drug-likeness (QED) is 0.722. The van der Waals surface area contributed by atoms with Crippen LogP contribution in [0.15, 0.2) is 48.5 Å². The molecule has 3 aromatic rings. The van der Waals surface area contributed by atoms with Crippen LogP contribution in [0, 0.1) is 20.8 Å². The van der Waals surface area contributed by atoms with Crippen LogP contribution in [0.25, 0.3) is 0 Å². The van der Waals surface area contributed by atoms with Crippen molar-refractivity contribution in [2.75, 3.05) is 10.2 Å². The van der Waals surface area contributed by atoms with Crippen molar-refractivity contribution in [3.05, 3.63) is 76.6 Å². The number of aromatic nitrogens is 2. The second-order valence-corrected chi connectivity index (χ2v) is 7.52. The third kappa shape index (κ3) is 3.36. The fourth-order valence-corrected chi connectivity index (χ4v) is 3.81. The third-order valence-electron chi connectivity index (χ3n) is 5.13. The van der Waals surface area contributed by atoms with Crippen LogP contribution in [0.2, 0.25) is 0 Å². The van der Waals surface area contributed by atoms with Crippen LogP contribution in [-0.2, 0) is 6.42 Å². The van der Waals surface area contributed by atoms with Crippen molar-refractivity contribution in [2.45, 2.75) is 40.2 Å². The number of rotatable bonds is 3. The van der Waals surface area contributed by atoms with Crippen LogP contribution < -0.4 is 10.2 Å². The molecule has 0 bridgehead atoms. The van der Waals surface area contributed by atoms with Crippen LogP contribution in [0.3, 0.4) is 0 Å². The summed E-state index contributed by atoms with van der Waals surface area (Å²) in [5.41, 5.74) is 6.58. The van der Waals surface area contributed by atoms with Gasteiger partial charge in [-0.2, -0.15) is 0 Å². The van der Waals surface area contributed by atoms with Gasteiger partial charge in [-0.25, -0.2) is 9.97 Å². The molecule has 0 spiro atoms. The lowest BCUT2D eigenvalue weighted by atomic mass is 10.1. The molecule has 5 nitrogen and oxygen atoms in total. The summed E-state index contributed by atoms with van der Waals surface area (Å²) in [6, 6.07) is 16.1. The van der Waals surface area contributed by atoms with Crippen LogP contribution in [0.5, 0.6) is 0 Å². The topological polar surface area (TPSA) is 58.1 Å². The summed E-state index contributed by atoms with van der Waals surface area (Å²) in [4.78, 5) is 24.1. The summed E-state index contributed by atoms with van der Waals surface area (Å²) in [7, 11) is 0. The molecule has 2 aromatic carbocycles. The van der Waals surface area contributed by atoms with Crippen molar-refractivity contribution in [2.24, 2.45) is 0 Å². The van der Waals surface area contributed by atoms with Gasteiger partial charge in [0.05, 0.1) is 0 Å². The molecule has 0 radical (unpaired) electrons. The van der Waals surface area contributed by atoms with Crippen LogP contribution in [0.4, 0.5) is 17.3 Å². The molecule has 0 fully saturated rings. The fraction of sp³-hybridized carbons (Fsp3) is 0.261. The van der Waals surface area contributed by atoms with E-state index in [9.17, 15) is 4.79 Å². The van der Waals surface area contributed by atoms with Gasteiger partial charge >= 0.3 is 0 Å². The highest BCUT2D eigenvalue weighted by atomic mass is 16.2. The summed E-state index contributed by atoms with van der Waals surface area (Å²) in [6.45, 7) is 8.06. The highest BCUT2D eigenvalue weighted by Gasteiger charge is 2.32. The van der Waals surface area contributed by atoms with Crippen LogP contribution in [0.1, 0.15) is 39.8 Å². The molecule has 142 valence electrons. The van der Waals surface area contributed by atoms with Crippen LogP contribution in [-0.4, -0.2) is 21.9 Å². The largest absolute Gasteiger partial charge is 0.324 e. The number of hydrogen-bond acceptors (Lipinski definition) is 4. The first kappa shape index (κ1) is 18.2. The number of para-hydroxylation sites is 1. The first-order valence-corrected chi connectivity index (χ1v) is 9.54. The average Bonchev–Trinajstić information content (AvgIpc) is 2.98. The van der Waals surface area contributed by atoms with E-state index in [2.05, 4.69) is 41.3 Å². The van der Waals surface area contributed by atoms with Crippen molar-refractivity contribution < 1.29 is 4.79 Å². The molecule has 1 atom stereocenters. The molecule has 1 unspecified atom stereocenters. The number of carbonyl (C=O) groups excluding carboxylic acids is 1. The van der Waals surface area contributed by atoms with E-state index in [0.29, 0.717) is 11.6 Å². The molecule has 1 N–H and O–H groups in total. The second-order valence-electron chi connectivity index (χ2n) is 7.52. The molecule has 28 heavy (non-hydrogen) atoms. The van der Waals surface area contributed by atoms with Gasteiger partial charge in [0.1, 0.15) is 5.69 Å². The van der Waals surface area contributed by atoms with Gasteiger partial charge in [0.25, 0.3) is 5.91 Å². The van der Waals surface area contributed by atoms with E-state index in [4.69, 9.17) is 0 Å². The van der Waals surface area contributed by atoms with Gasteiger partial charge < -0.3 is 10.2 Å². The Morgan fingerprint density at radius 2 is 1.86 bits per heavy atom. The van der Waals surface area contributed by atoms with Gasteiger partial charge in [0.15, 0.2) is 0 Å². The SMILES string of the molecule is Cc1ccc(Nc2nc(C)cc(C(=O)N3c4ccccc4CC3C)n2)c(C)c1. The van der Waals surface area contributed by atoms with E-state index in [1.807, 2.05) is 49.1 Å². The minimum atomic E-state index is -0.0911. The number of hydrogen-bond donors (Lipinski definition) is 1. The molecule has 1 aliphatic rings. The Morgan fingerprint density at radius 3 is 2.64 bits per heavy atom. The average molecular weight is 372 g/mol. The maximum absolute atomic E-state index is 13.3. The van der Waals surface area contributed by atoms with Gasteiger partial charge in [0.2, 0.25) is 5.95 Å². The van der Waals surface area contributed by atoms with E-state index in [-0.39, 0.29) is 11.9 Å². The predicted molar refractivity (Wildman–Crippen MR) is 112 cm³/mol. The number of amides is 1. The fourth-order valence-electron chi connectivity index (χ4n) is 3.81. The Balaban J connectivity index is 1.66. The predicted octanol–water partition coefficient (Wildman–Crippen LogP) is 4.74. The lowest BCUT2D eigenvalue weighted by Crippen LogP contribution is -2.36. The van der Waals surface area contributed by atoms with E-state index in [0.717, 1.165) is 29.1 Å². The Labute approximate surface area is 165 Å². The summed E-state index contributed by atoms with van der Waals surface area (Å²) >= 11 is 0. The maximum atomic E-state index is 13.3. The number of aryl methyl sites for hydroxylation is 3. The van der Waals surface area contributed by atoms with Gasteiger partial charge in [-0.05, 0) is 63.4 Å². The third-order valence-corrected chi connectivity index (χ3v) is 5.13. The zero-order chi connectivity index (χ0) is 19.8. The first-order valence-electron chi connectivity index (χ1n) is 9.54. The Kier molecular flexibility index (Phi) is 4.59. The van der Waals surface area contributed by atoms with E-state index in [1.54, 1.807) is 6.07 Å². The highest BCUT2D eigenvalue weighted by molar-refractivity contribution is 6.06. The molecule has 1 aromatic heterocycles. The standard InChI is InChI=1S/C23H24N4O/c1-14-9-10-19(15(2)11-14)25-23-24-16(3)12-20(26-23)22(28)27-17(4)13-18-7-5-6-8-21(18)27/h5-12,17H,13H2,1-4H3,(H,24,25,26). The summed E-state index contributed by atoms with van der Waals surface area (Å²) < 4.78 is 0. The van der Waals surface area contributed by atoms with Crippen molar-refractivity contribution in [3.8, 4) is 0 Å². The summed E-state index contributed by atoms with van der Waals surface area (Å²) in [5.74, 6) is 0.349. The first-order chi connectivity index (χ1) is 13.4. The van der Waals surface area contributed by atoms with Crippen molar-refractivity contribution in [3.63, 3.8) is 0 Å². The molecule has 4 rings (SSSR count). The Hall–Kier alpha value is -3.21. The minimum absolute atomic E-state index is 0.0911. The smallest absolute Gasteiger partial charge is 0.277 e. The zero-order valence-corrected chi connectivity index (χ0v) is 16.7. The molecule has 0 aliphatic carbocycles. The minimum Gasteiger partial charge on any atom is -0.324 e. The summed E-state index contributed by atoms with van der Waals surface area (Å²) in [5, 5.41) is 3.26. The van der Waals surface area contributed by atoms with Crippen molar-refractivity contribution in [1.82, 2.24) is 9.97 Å². The van der Waals surface area contributed by atoms with Gasteiger partial charge in [-0.1, -0.05) is 35.9 Å². The van der Waals surface area contributed by atoms with E-state index in [1.165, 1.54) is 11.1 Å². The number of nitrogens with one attached hydrogen (secondary N) is 1. The number of anilines is 3.